The number of guanidine groups is 1. The molecule has 0 aromatic heterocycles. The van der Waals surface area contributed by atoms with Crippen LogP contribution in [0.2, 0.25) is 0 Å². The van der Waals surface area contributed by atoms with Gasteiger partial charge in [-0.3, -0.25) is 14.6 Å². The summed E-state index contributed by atoms with van der Waals surface area (Å²) in [5.41, 5.74) is 13.0. The summed E-state index contributed by atoms with van der Waals surface area (Å²) in [6.45, 7) is 1.98. The minimum atomic E-state index is -1.05. The standard InChI is InChI=1S/C10H20N4O5/c1-2-18-8(15)6-19-14-10(12)13-5-3-4-7(11)9(16)17/h7H,2-6,11H2,1H3,(H,16,17)(H3,12,13,14)/t7-/m0/s1. The fourth-order valence-corrected chi connectivity index (χ4v) is 1.04. The van der Waals surface area contributed by atoms with Gasteiger partial charge < -0.3 is 21.3 Å². The smallest absolute Gasteiger partial charge is 0.334 e. The van der Waals surface area contributed by atoms with Crippen LogP contribution in [0.4, 0.5) is 0 Å². The number of nitrogens with zero attached hydrogens (tertiary/aromatic N) is 1. The highest BCUT2D eigenvalue weighted by molar-refractivity contribution is 5.77. The molecule has 9 heteroatoms. The lowest BCUT2D eigenvalue weighted by Gasteiger charge is -2.06. The number of carboxylic acids is 1. The number of carbonyl (C=O) groups is 2. The monoisotopic (exact) mass is 276 g/mol. The molecular formula is C10H20N4O5. The van der Waals surface area contributed by atoms with Crippen LogP contribution >= 0.6 is 0 Å². The SMILES string of the molecule is CCOC(=O)CONC(N)=NCCC[C@H](N)C(=O)O. The van der Waals surface area contributed by atoms with Gasteiger partial charge in [0.05, 0.1) is 6.61 Å². The summed E-state index contributed by atoms with van der Waals surface area (Å²) in [7, 11) is 0. The van der Waals surface area contributed by atoms with Gasteiger partial charge in [0, 0.05) is 6.54 Å². The van der Waals surface area contributed by atoms with Crippen LogP contribution in [-0.2, 0) is 19.2 Å². The number of aliphatic carboxylic acids is 1. The second-order valence-corrected chi connectivity index (χ2v) is 3.55. The largest absolute Gasteiger partial charge is 0.480 e. The summed E-state index contributed by atoms with van der Waals surface area (Å²) >= 11 is 0. The second-order valence-electron chi connectivity index (χ2n) is 3.55. The normalized spacial score (nSPS) is 12.8. The Kier molecular flexibility index (Phi) is 9.10. The van der Waals surface area contributed by atoms with Crippen LogP contribution < -0.4 is 16.9 Å². The Morgan fingerprint density at radius 3 is 2.74 bits per heavy atom. The lowest BCUT2D eigenvalue weighted by Crippen LogP contribution is -2.34. The van der Waals surface area contributed by atoms with E-state index in [1.165, 1.54) is 0 Å². The van der Waals surface area contributed by atoms with Crippen LogP contribution in [0, 0.1) is 0 Å². The molecule has 0 unspecified atom stereocenters. The summed E-state index contributed by atoms with van der Waals surface area (Å²) in [5, 5.41) is 8.54. The number of nitrogens with one attached hydrogen (secondary N) is 1. The maximum absolute atomic E-state index is 10.9. The Balaban J connectivity index is 3.66. The quantitative estimate of drug-likeness (QED) is 0.132. The van der Waals surface area contributed by atoms with E-state index in [1.807, 2.05) is 0 Å². The summed E-state index contributed by atoms with van der Waals surface area (Å²) in [4.78, 5) is 29.9. The summed E-state index contributed by atoms with van der Waals surface area (Å²) < 4.78 is 4.62. The molecule has 0 rings (SSSR count). The molecule has 0 aliphatic heterocycles. The minimum absolute atomic E-state index is 0.00630. The van der Waals surface area contributed by atoms with Gasteiger partial charge in [-0.15, -0.1) is 0 Å². The van der Waals surface area contributed by atoms with Gasteiger partial charge in [-0.25, -0.2) is 10.3 Å². The zero-order valence-corrected chi connectivity index (χ0v) is 10.8. The molecular weight excluding hydrogens is 256 g/mol. The Labute approximate surface area is 110 Å². The van der Waals surface area contributed by atoms with Crippen LogP contribution in [-0.4, -0.2) is 48.8 Å². The molecule has 0 spiro atoms. The zero-order chi connectivity index (χ0) is 14.7. The van der Waals surface area contributed by atoms with Gasteiger partial charge in [-0.05, 0) is 19.8 Å². The third-order valence-corrected chi connectivity index (χ3v) is 1.94. The van der Waals surface area contributed by atoms with Crippen molar-refractivity contribution in [1.29, 1.82) is 0 Å². The first-order valence-corrected chi connectivity index (χ1v) is 5.79. The number of esters is 1. The first kappa shape index (κ1) is 17.1. The lowest BCUT2D eigenvalue weighted by atomic mass is 10.2. The molecule has 1 atom stereocenters. The molecule has 0 aromatic rings. The Bertz CT molecular complexity index is 321. The van der Waals surface area contributed by atoms with E-state index in [2.05, 4.69) is 15.2 Å². The van der Waals surface area contributed by atoms with E-state index >= 15 is 0 Å². The lowest BCUT2D eigenvalue weighted by molar-refractivity contribution is -0.150. The maximum atomic E-state index is 10.9. The van der Waals surface area contributed by atoms with Gasteiger partial charge in [-0.2, -0.15) is 0 Å². The van der Waals surface area contributed by atoms with Gasteiger partial charge in [0.15, 0.2) is 6.61 Å². The number of carbonyl (C=O) groups excluding carboxylic acids is 1. The molecule has 0 aromatic carbocycles. The van der Waals surface area contributed by atoms with Crippen molar-refractivity contribution in [3.05, 3.63) is 0 Å². The van der Waals surface area contributed by atoms with E-state index in [0.29, 0.717) is 19.4 Å². The van der Waals surface area contributed by atoms with Crippen LogP contribution in [0.15, 0.2) is 4.99 Å². The van der Waals surface area contributed by atoms with Gasteiger partial charge in [0.2, 0.25) is 5.96 Å². The van der Waals surface area contributed by atoms with Crippen molar-refractivity contribution >= 4 is 17.9 Å². The van der Waals surface area contributed by atoms with E-state index in [4.69, 9.17) is 21.4 Å². The molecule has 0 heterocycles. The predicted octanol–water partition coefficient (Wildman–Crippen LogP) is -1.42. The van der Waals surface area contributed by atoms with Crippen molar-refractivity contribution < 1.29 is 24.3 Å². The third kappa shape index (κ3) is 9.80. The third-order valence-electron chi connectivity index (χ3n) is 1.94. The fourth-order valence-electron chi connectivity index (χ4n) is 1.04. The van der Waals surface area contributed by atoms with Gasteiger partial charge in [0.1, 0.15) is 6.04 Å². The van der Waals surface area contributed by atoms with Crippen molar-refractivity contribution in [2.24, 2.45) is 16.5 Å². The second kappa shape index (κ2) is 10.1. The molecule has 0 radical (unpaired) electrons. The van der Waals surface area contributed by atoms with Crippen molar-refractivity contribution in [3.8, 4) is 0 Å². The summed E-state index contributed by atoms with van der Waals surface area (Å²) in [6, 6.07) is -0.899. The first-order valence-electron chi connectivity index (χ1n) is 5.79. The highest BCUT2D eigenvalue weighted by atomic mass is 16.7. The van der Waals surface area contributed by atoms with Crippen molar-refractivity contribution in [1.82, 2.24) is 5.48 Å². The number of hydroxylamine groups is 1. The number of nitrogens with two attached hydrogens (primary N) is 2. The molecule has 0 fully saturated rings. The highest BCUT2D eigenvalue weighted by Gasteiger charge is 2.09. The zero-order valence-electron chi connectivity index (χ0n) is 10.8. The van der Waals surface area contributed by atoms with Crippen molar-refractivity contribution in [2.75, 3.05) is 19.8 Å². The average Bonchev–Trinajstić information content (AvgIpc) is 2.34. The molecule has 0 saturated heterocycles. The van der Waals surface area contributed by atoms with E-state index in [1.54, 1.807) is 6.92 Å². The maximum Gasteiger partial charge on any atom is 0.334 e. The number of ether oxygens (including phenoxy) is 1. The highest BCUT2D eigenvalue weighted by Crippen LogP contribution is 1.94. The van der Waals surface area contributed by atoms with Crippen LogP contribution in [0.25, 0.3) is 0 Å². The Morgan fingerprint density at radius 1 is 1.47 bits per heavy atom. The minimum Gasteiger partial charge on any atom is -0.480 e. The number of hydrogen-bond donors (Lipinski definition) is 4. The molecule has 6 N–H and O–H groups in total. The van der Waals surface area contributed by atoms with E-state index in [-0.39, 0.29) is 19.2 Å². The van der Waals surface area contributed by atoms with E-state index in [0.717, 1.165) is 0 Å². The molecule has 0 aliphatic rings. The number of hydrogen-bond acceptors (Lipinski definition) is 6. The predicted molar refractivity (Wildman–Crippen MR) is 67.1 cm³/mol. The van der Waals surface area contributed by atoms with Crippen molar-refractivity contribution in [2.45, 2.75) is 25.8 Å². The molecule has 0 aliphatic carbocycles. The van der Waals surface area contributed by atoms with Crippen LogP contribution in [0.5, 0.6) is 0 Å². The van der Waals surface area contributed by atoms with E-state index < -0.39 is 18.0 Å². The van der Waals surface area contributed by atoms with Gasteiger partial charge in [-0.1, -0.05) is 0 Å². The number of aliphatic imine (C=N–C) groups is 1. The molecule has 0 amide bonds. The fraction of sp³-hybridized carbons (Fsp3) is 0.700. The average molecular weight is 276 g/mol. The first-order chi connectivity index (χ1) is 8.97. The molecule has 0 saturated carbocycles. The van der Waals surface area contributed by atoms with Crippen molar-refractivity contribution in [3.63, 3.8) is 0 Å². The Morgan fingerprint density at radius 2 is 2.16 bits per heavy atom. The topological polar surface area (TPSA) is 149 Å². The summed E-state index contributed by atoms with van der Waals surface area (Å²) in [5.74, 6) is -1.57. The van der Waals surface area contributed by atoms with Gasteiger partial charge in [0.25, 0.3) is 0 Å². The molecule has 19 heavy (non-hydrogen) atoms. The van der Waals surface area contributed by atoms with Crippen LogP contribution in [0.1, 0.15) is 19.8 Å². The van der Waals surface area contributed by atoms with E-state index in [9.17, 15) is 9.59 Å². The Hall–Kier alpha value is -1.87. The molecule has 110 valence electrons. The summed E-state index contributed by atoms with van der Waals surface area (Å²) in [6.07, 6.45) is 0.781. The van der Waals surface area contributed by atoms with Gasteiger partial charge >= 0.3 is 11.9 Å². The molecule has 0 bridgehead atoms. The van der Waals surface area contributed by atoms with Crippen LogP contribution in [0.3, 0.4) is 0 Å². The number of carboxylic acid groups (broad SMARTS) is 1. The number of rotatable bonds is 9. The molecule has 9 nitrogen and oxygen atoms in total.